The molecule has 1 aromatic rings. The number of rotatable bonds is 4. The summed E-state index contributed by atoms with van der Waals surface area (Å²) in [6.45, 7) is 2.21. The highest BCUT2D eigenvalue weighted by atomic mass is 19.2. The second kappa shape index (κ2) is 6.66. The molecule has 0 amide bonds. The summed E-state index contributed by atoms with van der Waals surface area (Å²) in [5.74, 6) is -0.752. The first-order valence-corrected chi connectivity index (χ1v) is 7.76. The summed E-state index contributed by atoms with van der Waals surface area (Å²) in [5, 5.41) is 0. The molecular weight excluding hydrogens is 256 g/mol. The van der Waals surface area contributed by atoms with Crippen molar-refractivity contribution in [2.75, 3.05) is 0 Å². The summed E-state index contributed by atoms with van der Waals surface area (Å²) in [5.41, 5.74) is 6.52. The molecule has 2 rings (SSSR count). The van der Waals surface area contributed by atoms with E-state index in [2.05, 4.69) is 6.92 Å². The van der Waals surface area contributed by atoms with Gasteiger partial charge >= 0.3 is 0 Å². The third-order valence-corrected chi connectivity index (χ3v) is 4.61. The Bertz CT molecular complexity index is 447. The highest BCUT2D eigenvalue weighted by Gasteiger charge is 2.30. The van der Waals surface area contributed by atoms with Gasteiger partial charge in [0.05, 0.1) is 0 Å². The highest BCUT2D eigenvalue weighted by Crippen LogP contribution is 2.33. The standard InChI is InChI=1S/C17H25F2N/c1-2-5-13-6-4-10-17(20,11-9-13)12-14-7-3-8-15(18)16(14)19/h3,7-8,13H,2,4-6,9-12,20H2,1H3. The first-order chi connectivity index (χ1) is 9.54. The van der Waals surface area contributed by atoms with Gasteiger partial charge in [-0.3, -0.25) is 0 Å². The van der Waals surface area contributed by atoms with Gasteiger partial charge in [0.25, 0.3) is 0 Å². The Morgan fingerprint density at radius 2 is 2.05 bits per heavy atom. The predicted octanol–water partition coefficient (Wildman–Crippen LogP) is 4.59. The molecule has 1 nitrogen and oxygen atoms in total. The third kappa shape index (κ3) is 3.78. The highest BCUT2D eigenvalue weighted by molar-refractivity contribution is 5.21. The lowest BCUT2D eigenvalue weighted by molar-refractivity contribution is 0.349. The molecule has 0 spiro atoms. The first-order valence-electron chi connectivity index (χ1n) is 7.76. The monoisotopic (exact) mass is 281 g/mol. The summed E-state index contributed by atoms with van der Waals surface area (Å²) in [6, 6.07) is 4.38. The van der Waals surface area contributed by atoms with E-state index in [-0.39, 0.29) is 5.54 Å². The van der Waals surface area contributed by atoms with E-state index in [4.69, 9.17) is 5.73 Å². The number of halogens is 2. The number of hydrogen-bond acceptors (Lipinski definition) is 1. The summed E-state index contributed by atoms with van der Waals surface area (Å²) < 4.78 is 27.1. The summed E-state index contributed by atoms with van der Waals surface area (Å²) >= 11 is 0. The van der Waals surface area contributed by atoms with Crippen LogP contribution in [-0.4, -0.2) is 5.54 Å². The Morgan fingerprint density at radius 1 is 1.25 bits per heavy atom. The Balaban J connectivity index is 2.05. The van der Waals surface area contributed by atoms with Crippen molar-refractivity contribution in [3.8, 4) is 0 Å². The molecule has 0 bridgehead atoms. The van der Waals surface area contributed by atoms with Crippen LogP contribution in [0, 0.1) is 17.6 Å². The number of hydrogen-bond donors (Lipinski definition) is 1. The summed E-state index contributed by atoms with van der Waals surface area (Å²) in [4.78, 5) is 0. The zero-order valence-corrected chi connectivity index (χ0v) is 12.3. The van der Waals surface area contributed by atoms with Crippen molar-refractivity contribution in [3.05, 3.63) is 35.4 Å². The molecule has 1 aliphatic carbocycles. The molecule has 2 N–H and O–H groups in total. The van der Waals surface area contributed by atoms with Gasteiger partial charge in [-0.2, -0.15) is 0 Å². The summed E-state index contributed by atoms with van der Waals surface area (Å²) in [7, 11) is 0. The SMILES string of the molecule is CCCC1CCCC(N)(Cc2cccc(F)c2F)CC1. The van der Waals surface area contributed by atoms with Gasteiger partial charge in [0.2, 0.25) is 0 Å². The van der Waals surface area contributed by atoms with E-state index in [0.29, 0.717) is 12.0 Å². The van der Waals surface area contributed by atoms with Crippen molar-refractivity contribution >= 4 is 0 Å². The van der Waals surface area contributed by atoms with Crippen molar-refractivity contribution in [2.24, 2.45) is 11.7 Å². The molecule has 3 heteroatoms. The van der Waals surface area contributed by atoms with Gasteiger partial charge in [0, 0.05) is 5.54 Å². The fraction of sp³-hybridized carbons (Fsp3) is 0.647. The van der Waals surface area contributed by atoms with Crippen LogP contribution in [0.2, 0.25) is 0 Å². The van der Waals surface area contributed by atoms with Crippen LogP contribution in [0.4, 0.5) is 8.78 Å². The average molecular weight is 281 g/mol. The fourth-order valence-corrected chi connectivity index (χ4v) is 3.44. The van der Waals surface area contributed by atoms with Crippen LogP contribution in [0.3, 0.4) is 0 Å². The minimum Gasteiger partial charge on any atom is -0.325 e. The second-order valence-electron chi connectivity index (χ2n) is 6.34. The fourth-order valence-electron chi connectivity index (χ4n) is 3.44. The Labute approximate surface area is 120 Å². The smallest absolute Gasteiger partial charge is 0.162 e. The van der Waals surface area contributed by atoms with Crippen LogP contribution in [0.5, 0.6) is 0 Å². The van der Waals surface area contributed by atoms with Crippen molar-refractivity contribution in [2.45, 2.75) is 63.8 Å². The average Bonchev–Trinajstić information content (AvgIpc) is 2.59. The van der Waals surface area contributed by atoms with Crippen LogP contribution in [0.15, 0.2) is 18.2 Å². The van der Waals surface area contributed by atoms with E-state index < -0.39 is 11.6 Å². The minimum atomic E-state index is -0.774. The zero-order chi connectivity index (χ0) is 14.6. The van der Waals surface area contributed by atoms with Crippen LogP contribution >= 0.6 is 0 Å². The molecule has 1 saturated carbocycles. The van der Waals surface area contributed by atoms with E-state index in [9.17, 15) is 8.78 Å². The minimum absolute atomic E-state index is 0.378. The van der Waals surface area contributed by atoms with Gasteiger partial charge < -0.3 is 5.73 Å². The molecule has 0 aliphatic heterocycles. The van der Waals surface area contributed by atoms with E-state index in [1.54, 1.807) is 12.1 Å². The Kier molecular flexibility index (Phi) is 5.14. The van der Waals surface area contributed by atoms with Gasteiger partial charge in [-0.15, -0.1) is 0 Å². The van der Waals surface area contributed by atoms with Gasteiger partial charge in [0.15, 0.2) is 11.6 Å². The van der Waals surface area contributed by atoms with Crippen LogP contribution < -0.4 is 5.73 Å². The van der Waals surface area contributed by atoms with Crippen LogP contribution in [0.1, 0.15) is 57.4 Å². The maximum atomic E-state index is 13.8. The molecule has 0 heterocycles. The second-order valence-corrected chi connectivity index (χ2v) is 6.34. The predicted molar refractivity (Wildman–Crippen MR) is 78.5 cm³/mol. The number of benzene rings is 1. The number of nitrogens with two attached hydrogens (primary N) is 1. The molecule has 1 aromatic carbocycles. The summed E-state index contributed by atoms with van der Waals surface area (Å²) in [6.07, 6.45) is 8.15. The molecule has 20 heavy (non-hydrogen) atoms. The maximum Gasteiger partial charge on any atom is 0.162 e. The van der Waals surface area contributed by atoms with Crippen molar-refractivity contribution in [3.63, 3.8) is 0 Å². The molecule has 1 aliphatic rings. The topological polar surface area (TPSA) is 26.0 Å². The molecular formula is C17H25F2N. The van der Waals surface area contributed by atoms with Gasteiger partial charge in [0.1, 0.15) is 0 Å². The molecule has 112 valence electrons. The van der Waals surface area contributed by atoms with E-state index in [1.807, 2.05) is 0 Å². The van der Waals surface area contributed by atoms with E-state index in [0.717, 1.165) is 37.7 Å². The van der Waals surface area contributed by atoms with Gasteiger partial charge in [-0.1, -0.05) is 44.7 Å². The normalized spacial score (nSPS) is 27.3. The van der Waals surface area contributed by atoms with Gasteiger partial charge in [-0.05, 0) is 43.2 Å². The molecule has 0 aromatic heterocycles. The maximum absolute atomic E-state index is 13.8. The first kappa shape index (κ1) is 15.4. The van der Waals surface area contributed by atoms with E-state index in [1.165, 1.54) is 19.3 Å². The molecule has 2 atom stereocenters. The zero-order valence-electron chi connectivity index (χ0n) is 12.3. The van der Waals surface area contributed by atoms with Gasteiger partial charge in [-0.25, -0.2) is 8.78 Å². The Hall–Kier alpha value is -0.960. The molecule has 0 saturated heterocycles. The largest absolute Gasteiger partial charge is 0.325 e. The Morgan fingerprint density at radius 3 is 2.80 bits per heavy atom. The molecule has 1 fully saturated rings. The van der Waals surface area contributed by atoms with Crippen LogP contribution in [0.25, 0.3) is 0 Å². The quantitative estimate of drug-likeness (QED) is 0.803. The van der Waals surface area contributed by atoms with Crippen LogP contribution in [-0.2, 0) is 6.42 Å². The molecule has 0 radical (unpaired) electrons. The van der Waals surface area contributed by atoms with Crippen molar-refractivity contribution < 1.29 is 8.78 Å². The third-order valence-electron chi connectivity index (χ3n) is 4.61. The molecule has 2 unspecified atom stereocenters. The van der Waals surface area contributed by atoms with Crippen molar-refractivity contribution in [1.82, 2.24) is 0 Å². The lowest BCUT2D eigenvalue weighted by Gasteiger charge is -2.28. The lowest BCUT2D eigenvalue weighted by atomic mass is 9.84. The lowest BCUT2D eigenvalue weighted by Crippen LogP contribution is -2.41. The van der Waals surface area contributed by atoms with E-state index >= 15 is 0 Å². The van der Waals surface area contributed by atoms with Crippen molar-refractivity contribution in [1.29, 1.82) is 0 Å².